The number of carbonyl (C=O) groups excluding carboxylic acids is 1. The summed E-state index contributed by atoms with van der Waals surface area (Å²) in [5, 5.41) is 10.5. The van der Waals surface area contributed by atoms with Crippen LogP contribution in [0.3, 0.4) is 0 Å². The molecule has 0 spiro atoms. The minimum atomic E-state index is -0.954. The highest BCUT2D eigenvalue weighted by Gasteiger charge is 2.40. The molecule has 0 aromatic carbocycles. The molecule has 5 heteroatoms. The van der Waals surface area contributed by atoms with E-state index in [9.17, 15) is 9.59 Å². The molecule has 4 nitrogen and oxygen atoms in total. The lowest BCUT2D eigenvalue weighted by Crippen LogP contribution is -2.27. The molecule has 2 rings (SSSR count). The van der Waals surface area contributed by atoms with Crippen LogP contribution in [0.1, 0.15) is 23.8 Å². The maximum Gasteiger partial charge on any atom is 0.328 e. The average molecular weight is 279 g/mol. The molecule has 1 aliphatic rings. The minimum absolute atomic E-state index is 0.204. The maximum atomic E-state index is 12.0. The van der Waals surface area contributed by atoms with Gasteiger partial charge in [-0.1, -0.05) is 6.92 Å². The van der Waals surface area contributed by atoms with Crippen molar-refractivity contribution in [3.63, 3.8) is 0 Å². The van der Waals surface area contributed by atoms with E-state index in [4.69, 9.17) is 5.11 Å². The van der Waals surface area contributed by atoms with Crippen LogP contribution in [0.5, 0.6) is 0 Å². The monoisotopic (exact) mass is 279 g/mol. The van der Waals surface area contributed by atoms with Gasteiger partial charge in [0.15, 0.2) is 0 Å². The fourth-order valence-corrected chi connectivity index (χ4v) is 2.82. The van der Waals surface area contributed by atoms with Crippen LogP contribution in [0.4, 0.5) is 0 Å². The molecule has 1 N–H and O–H groups in total. The van der Waals surface area contributed by atoms with Gasteiger partial charge in [-0.05, 0) is 35.4 Å². The van der Waals surface area contributed by atoms with Crippen molar-refractivity contribution in [3.8, 4) is 0 Å². The topological polar surface area (TPSA) is 57.6 Å². The SMILES string of the molecule is CC1CC1C(=O)N(C)Cc1csc(C=CC(=O)O)c1. The molecule has 0 aliphatic heterocycles. The second-order valence-corrected chi connectivity index (χ2v) is 5.99. The molecule has 0 radical (unpaired) electrons. The highest BCUT2D eigenvalue weighted by atomic mass is 32.1. The zero-order valence-corrected chi connectivity index (χ0v) is 11.8. The number of carboxylic acids is 1. The van der Waals surface area contributed by atoms with Crippen LogP contribution in [0, 0.1) is 11.8 Å². The molecule has 102 valence electrons. The molecule has 19 heavy (non-hydrogen) atoms. The van der Waals surface area contributed by atoms with Gasteiger partial charge in [0, 0.05) is 30.5 Å². The maximum absolute atomic E-state index is 12.0. The average Bonchev–Trinajstić information content (AvgIpc) is 2.90. The van der Waals surface area contributed by atoms with Crippen molar-refractivity contribution in [3.05, 3.63) is 28.0 Å². The predicted octanol–water partition coefficient (Wildman–Crippen LogP) is 2.46. The molecule has 2 atom stereocenters. The fourth-order valence-electron chi connectivity index (χ4n) is 2.02. The van der Waals surface area contributed by atoms with E-state index in [2.05, 4.69) is 6.92 Å². The van der Waals surface area contributed by atoms with Crippen LogP contribution in [-0.4, -0.2) is 28.9 Å². The van der Waals surface area contributed by atoms with E-state index in [0.717, 1.165) is 22.9 Å². The first-order valence-corrected chi connectivity index (χ1v) is 7.08. The third kappa shape index (κ3) is 3.67. The Balaban J connectivity index is 1.92. The number of nitrogens with zero attached hydrogens (tertiary/aromatic N) is 1. The molecule has 1 aromatic rings. The standard InChI is InChI=1S/C14H17NO3S/c1-9-5-12(9)14(18)15(2)7-10-6-11(19-8-10)3-4-13(16)17/h3-4,6,8-9,12H,5,7H2,1-2H3,(H,16,17). The molecular weight excluding hydrogens is 262 g/mol. The summed E-state index contributed by atoms with van der Waals surface area (Å²) in [7, 11) is 1.82. The van der Waals surface area contributed by atoms with Crippen molar-refractivity contribution in [1.29, 1.82) is 0 Å². The fraction of sp³-hybridized carbons (Fsp3) is 0.429. The normalized spacial score (nSPS) is 21.6. The molecule has 2 unspecified atom stereocenters. The summed E-state index contributed by atoms with van der Waals surface area (Å²) in [5.74, 6) is -0.0206. The highest BCUT2D eigenvalue weighted by Crippen LogP contribution is 2.39. The lowest BCUT2D eigenvalue weighted by Gasteiger charge is -2.16. The number of hydrogen-bond donors (Lipinski definition) is 1. The van der Waals surface area contributed by atoms with E-state index in [1.54, 1.807) is 11.0 Å². The molecular formula is C14H17NO3S. The largest absolute Gasteiger partial charge is 0.478 e. The van der Waals surface area contributed by atoms with Gasteiger partial charge < -0.3 is 10.0 Å². The Morgan fingerprint density at radius 1 is 1.58 bits per heavy atom. The van der Waals surface area contributed by atoms with Gasteiger partial charge in [-0.25, -0.2) is 4.79 Å². The first-order chi connectivity index (χ1) is 8.97. The lowest BCUT2D eigenvalue weighted by molar-refractivity contribution is -0.132. The van der Waals surface area contributed by atoms with Crippen molar-refractivity contribution in [2.24, 2.45) is 11.8 Å². The van der Waals surface area contributed by atoms with Gasteiger partial charge in [0.25, 0.3) is 0 Å². The van der Waals surface area contributed by atoms with Gasteiger partial charge in [-0.2, -0.15) is 0 Å². The zero-order chi connectivity index (χ0) is 14.0. The van der Waals surface area contributed by atoms with Gasteiger partial charge >= 0.3 is 5.97 Å². The second-order valence-electron chi connectivity index (χ2n) is 5.04. The molecule has 1 amide bonds. The Labute approximate surface area is 116 Å². The van der Waals surface area contributed by atoms with Crippen molar-refractivity contribution in [1.82, 2.24) is 4.90 Å². The third-order valence-corrected chi connectivity index (χ3v) is 4.23. The van der Waals surface area contributed by atoms with E-state index < -0.39 is 5.97 Å². The molecule has 1 aromatic heterocycles. The number of aliphatic carboxylic acids is 1. The Bertz CT molecular complexity index is 521. The predicted molar refractivity (Wildman–Crippen MR) is 74.7 cm³/mol. The number of amides is 1. The van der Waals surface area contributed by atoms with E-state index >= 15 is 0 Å². The summed E-state index contributed by atoms with van der Waals surface area (Å²) in [6.07, 6.45) is 3.69. The van der Waals surface area contributed by atoms with Crippen molar-refractivity contribution < 1.29 is 14.7 Å². The molecule has 1 aliphatic carbocycles. The Morgan fingerprint density at radius 2 is 2.26 bits per heavy atom. The Hall–Kier alpha value is -1.62. The molecule has 0 bridgehead atoms. The molecule has 1 saturated carbocycles. The van der Waals surface area contributed by atoms with Gasteiger partial charge in [0.1, 0.15) is 0 Å². The third-order valence-electron chi connectivity index (χ3n) is 3.29. The quantitative estimate of drug-likeness (QED) is 0.842. The summed E-state index contributed by atoms with van der Waals surface area (Å²) in [5.41, 5.74) is 1.04. The minimum Gasteiger partial charge on any atom is -0.478 e. The summed E-state index contributed by atoms with van der Waals surface area (Å²) in [6.45, 7) is 2.68. The van der Waals surface area contributed by atoms with Crippen LogP contribution >= 0.6 is 11.3 Å². The highest BCUT2D eigenvalue weighted by molar-refractivity contribution is 7.11. The van der Waals surface area contributed by atoms with Crippen LogP contribution < -0.4 is 0 Å². The summed E-state index contributed by atoms with van der Waals surface area (Å²) < 4.78 is 0. The van der Waals surface area contributed by atoms with Crippen molar-refractivity contribution in [2.45, 2.75) is 19.9 Å². The summed E-state index contributed by atoms with van der Waals surface area (Å²) in [6, 6.07) is 1.92. The van der Waals surface area contributed by atoms with E-state index in [1.807, 2.05) is 18.5 Å². The second kappa shape index (κ2) is 5.57. The zero-order valence-electron chi connectivity index (χ0n) is 11.0. The van der Waals surface area contributed by atoms with Gasteiger partial charge in [-0.3, -0.25) is 4.79 Å². The number of hydrogen-bond acceptors (Lipinski definition) is 3. The van der Waals surface area contributed by atoms with Crippen LogP contribution in [0.25, 0.3) is 6.08 Å². The summed E-state index contributed by atoms with van der Waals surface area (Å²) in [4.78, 5) is 25.0. The number of thiophene rings is 1. The van der Waals surface area contributed by atoms with Crippen LogP contribution in [-0.2, 0) is 16.1 Å². The number of carboxylic acid groups (broad SMARTS) is 1. The van der Waals surface area contributed by atoms with E-state index in [0.29, 0.717) is 12.5 Å². The van der Waals surface area contributed by atoms with Crippen molar-refractivity contribution >= 4 is 29.3 Å². The van der Waals surface area contributed by atoms with Gasteiger partial charge in [0.05, 0.1) is 0 Å². The van der Waals surface area contributed by atoms with E-state index in [-0.39, 0.29) is 11.8 Å². The first-order valence-electron chi connectivity index (χ1n) is 6.20. The molecule has 1 fully saturated rings. The number of rotatable bonds is 5. The van der Waals surface area contributed by atoms with Crippen LogP contribution in [0.15, 0.2) is 17.5 Å². The van der Waals surface area contributed by atoms with Crippen LogP contribution in [0.2, 0.25) is 0 Å². The number of carbonyl (C=O) groups is 2. The van der Waals surface area contributed by atoms with Crippen molar-refractivity contribution in [2.75, 3.05) is 7.05 Å². The molecule has 0 saturated heterocycles. The van der Waals surface area contributed by atoms with Gasteiger partial charge in [0.2, 0.25) is 5.91 Å². The Kier molecular flexibility index (Phi) is 4.04. The van der Waals surface area contributed by atoms with Gasteiger partial charge in [-0.15, -0.1) is 11.3 Å². The molecule has 1 heterocycles. The smallest absolute Gasteiger partial charge is 0.328 e. The Morgan fingerprint density at radius 3 is 2.84 bits per heavy atom. The first kappa shape index (κ1) is 13.8. The van der Waals surface area contributed by atoms with E-state index in [1.165, 1.54) is 11.3 Å². The lowest BCUT2D eigenvalue weighted by atomic mass is 10.2. The summed E-state index contributed by atoms with van der Waals surface area (Å²) >= 11 is 1.48.